The van der Waals surface area contributed by atoms with Crippen molar-refractivity contribution in [3.05, 3.63) is 11.1 Å². The Bertz CT molecular complexity index is 466. The van der Waals surface area contributed by atoms with Crippen molar-refractivity contribution in [3.8, 4) is 0 Å². The summed E-state index contributed by atoms with van der Waals surface area (Å²) >= 11 is 6.40. The van der Waals surface area contributed by atoms with Gasteiger partial charge in [0.05, 0.1) is 16.6 Å². The van der Waals surface area contributed by atoms with Crippen LogP contribution in [0.25, 0.3) is 0 Å². The van der Waals surface area contributed by atoms with Crippen LogP contribution < -0.4 is 11.1 Å². The maximum absolute atomic E-state index is 12.1. The molecule has 3 N–H and O–H groups in total. The van der Waals surface area contributed by atoms with E-state index in [1.807, 2.05) is 19.2 Å². The van der Waals surface area contributed by atoms with Crippen LogP contribution in [0.3, 0.4) is 0 Å². The molecule has 1 heterocycles. The van der Waals surface area contributed by atoms with Gasteiger partial charge in [-0.2, -0.15) is 0 Å². The van der Waals surface area contributed by atoms with Gasteiger partial charge in [-0.25, -0.2) is 4.98 Å². The molecule has 0 saturated heterocycles. The summed E-state index contributed by atoms with van der Waals surface area (Å²) in [4.78, 5) is 16.7. The third kappa shape index (κ3) is 3.05. The van der Waals surface area contributed by atoms with E-state index in [0.717, 1.165) is 5.69 Å². The van der Waals surface area contributed by atoms with Gasteiger partial charge in [-0.3, -0.25) is 4.79 Å². The topological polar surface area (TPSA) is 68.0 Å². The van der Waals surface area contributed by atoms with Gasteiger partial charge in [-0.1, -0.05) is 26.1 Å². The molecule has 1 aliphatic carbocycles. The lowest BCUT2D eigenvalue weighted by Crippen LogP contribution is -2.36. The van der Waals surface area contributed by atoms with E-state index < -0.39 is 5.92 Å². The van der Waals surface area contributed by atoms with E-state index in [9.17, 15) is 4.79 Å². The Morgan fingerprint density at radius 3 is 2.78 bits per heavy atom. The first-order chi connectivity index (χ1) is 8.49. The average molecular weight is 283 g/mol. The highest BCUT2D eigenvalue weighted by Gasteiger charge is 2.28. The minimum absolute atomic E-state index is 0.0883. The van der Waals surface area contributed by atoms with Crippen LogP contribution in [0.15, 0.2) is 5.38 Å². The van der Waals surface area contributed by atoms with Crippen molar-refractivity contribution in [2.24, 2.45) is 17.6 Å². The van der Waals surface area contributed by atoms with Gasteiger partial charge in [-0.15, -0.1) is 11.3 Å². The summed E-state index contributed by atoms with van der Waals surface area (Å²) in [6.07, 6.45) is 2.41. The smallest absolute Gasteiger partial charge is 0.236 e. The van der Waals surface area contributed by atoms with Gasteiger partial charge in [0.2, 0.25) is 5.91 Å². The van der Waals surface area contributed by atoms with Crippen LogP contribution in [0, 0.1) is 11.8 Å². The molecule has 6 heteroatoms. The van der Waals surface area contributed by atoms with Crippen molar-refractivity contribution in [3.63, 3.8) is 0 Å². The van der Waals surface area contributed by atoms with E-state index in [1.54, 1.807) is 0 Å². The molecule has 1 fully saturated rings. The quantitative estimate of drug-likeness (QED) is 0.815. The summed E-state index contributed by atoms with van der Waals surface area (Å²) in [6.45, 7) is 3.86. The molecule has 4 nitrogen and oxygen atoms in total. The fourth-order valence-electron chi connectivity index (χ4n) is 1.85. The standard InChI is InChI=1S/C12H17N3OS2/c1-6(2)9(10(13)17)11(16)15-12-14-8(5-18-12)7-3-4-7/h5-7,9H,3-4H2,1-2H3,(H2,13,17)(H,14,15,16). The van der Waals surface area contributed by atoms with Gasteiger partial charge in [0.15, 0.2) is 5.13 Å². The molecule has 0 bridgehead atoms. The van der Waals surface area contributed by atoms with Gasteiger partial charge in [0, 0.05) is 11.3 Å². The Hall–Kier alpha value is -1.01. The number of amides is 1. The molecule has 2 rings (SSSR count). The highest BCUT2D eigenvalue weighted by molar-refractivity contribution is 7.80. The Labute approximate surface area is 116 Å². The molecule has 1 saturated carbocycles. The van der Waals surface area contributed by atoms with Crippen molar-refractivity contribution in [2.75, 3.05) is 5.32 Å². The van der Waals surface area contributed by atoms with E-state index in [2.05, 4.69) is 10.3 Å². The van der Waals surface area contributed by atoms with Crippen LogP contribution in [0.1, 0.15) is 38.3 Å². The summed E-state index contributed by atoms with van der Waals surface area (Å²) in [5.41, 5.74) is 6.70. The number of carbonyl (C=O) groups is 1. The van der Waals surface area contributed by atoms with Crippen molar-refractivity contribution >= 4 is 39.6 Å². The molecule has 98 valence electrons. The van der Waals surface area contributed by atoms with E-state index >= 15 is 0 Å². The summed E-state index contributed by atoms with van der Waals surface area (Å²) < 4.78 is 0. The van der Waals surface area contributed by atoms with E-state index in [-0.39, 0.29) is 16.8 Å². The number of aromatic nitrogens is 1. The molecule has 18 heavy (non-hydrogen) atoms. The number of thiazole rings is 1. The zero-order valence-electron chi connectivity index (χ0n) is 10.5. The highest BCUT2D eigenvalue weighted by Crippen LogP contribution is 2.40. The SMILES string of the molecule is CC(C)C(C(=O)Nc1nc(C2CC2)cs1)C(N)=S. The van der Waals surface area contributed by atoms with Crippen molar-refractivity contribution in [2.45, 2.75) is 32.6 Å². The van der Waals surface area contributed by atoms with E-state index in [4.69, 9.17) is 18.0 Å². The Morgan fingerprint density at radius 2 is 2.28 bits per heavy atom. The molecule has 1 aliphatic rings. The first kappa shape index (κ1) is 13.4. The minimum atomic E-state index is -0.437. The third-order valence-electron chi connectivity index (χ3n) is 3.00. The number of rotatable bonds is 5. The van der Waals surface area contributed by atoms with Gasteiger partial charge < -0.3 is 11.1 Å². The van der Waals surface area contributed by atoms with Crippen LogP contribution in [-0.4, -0.2) is 15.9 Å². The van der Waals surface area contributed by atoms with Crippen LogP contribution in [-0.2, 0) is 4.79 Å². The molecule has 0 spiro atoms. The fraction of sp³-hybridized carbons (Fsp3) is 0.583. The zero-order chi connectivity index (χ0) is 13.3. The molecule has 0 aliphatic heterocycles. The molecule has 0 aromatic carbocycles. The van der Waals surface area contributed by atoms with Gasteiger partial charge in [0.1, 0.15) is 0 Å². The highest BCUT2D eigenvalue weighted by atomic mass is 32.1. The summed E-state index contributed by atoms with van der Waals surface area (Å²) in [6, 6.07) is 0. The van der Waals surface area contributed by atoms with Crippen LogP contribution in [0.4, 0.5) is 5.13 Å². The first-order valence-corrected chi connectivity index (χ1v) is 7.33. The summed E-state index contributed by atoms with van der Waals surface area (Å²) in [5, 5.41) is 5.46. The second-order valence-corrected chi connectivity index (χ2v) is 6.29. The Morgan fingerprint density at radius 1 is 1.61 bits per heavy atom. The van der Waals surface area contributed by atoms with Crippen molar-refractivity contribution in [1.82, 2.24) is 4.98 Å². The van der Waals surface area contributed by atoms with Crippen LogP contribution in [0.2, 0.25) is 0 Å². The predicted octanol–water partition coefficient (Wildman–Crippen LogP) is 2.52. The first-order valence-electron chi connectivity index (χ1n) is 6.04. The number of nitrogens with one attached hydrogen (secondary N) is 1. The number of hydrogen-bond donors (Lipinski definition) is 2. The van der Waals surface area contributed by atoms with Crippen molar-refractivity contribution < 1.29 is 4.79 Å². The van der Waals surface area contributed by atoms with Gasteiger partial charge >= 0.3 is 0 Å². The van der Waals surface area contributed by atoms with E-state index in [1.165, 1.54) is 24.2 Å². The molecule has 1 atom stereocenters. The molecule has 1 amide bonds. The molecular formula is C12H17N3OS2. The molecule has 1 unspecified atom stereocenters. The van der Waals surface area contributed by atoms with Crippen LogP contribution >= 0.6 is 23.6 Å². The lowest BCUT2D eigenvalue weighted by molar-refractivity contribution is -0.118. The minimum Gasteiger partial charge on any atom is -0.393 e. The van der Waals surface area contributed by atoms with Crippen molar-refractivity contribution in [1.29, 1.82) is 0 Å². The summed E-state index contributed by atoms with van der Waals surface area (Å²) in [7, 11) is 0. The van der Waals surface area contributed by atoms with Gasteiger partial charge in [0.25, 0.3) is 0 Å². The molecular weight excluding hydrogens is 266 g/mol. The molecule has 0 radical (unpaired) electrons. The number of carbonyl (C=O) groups excluding carboxylic acids is 1. The maximum Gasteiger partial charge on any atom is 0.236 e. The Balaban J connectivity index is 2.02. The lowest BCUT2D eigenvalue weighted by Gasteiger charge is -2.17. The number of thiocarbonyl (C=S) groups is 1. The fourth-order valence-corrected chi connectivity index (χ4v) is 3.03. The van der Waals surface area contributed by atoms with Gasteiger partial charge in [-0.05, 0) is 18.8 Å². The summed E-state index contributed by atoms with van der Waals surface area (Å²) in [5.74, 6) is 0.0937. The molecule has 1 aromatic rings. The monoisotopic (exact) mass is 283 g/mol. The third-order valence-corrected chi connectivity index (χ3v) is 4.03. The second-order valence-electron chi connectivity index (χ2n) is 4.97. The average Bonchev–Trinajstić information content (AvgIpc) is 2.99. The maximum atomic E-state index is 12.1. The molecule has 1 aromatic heterocycles. The normalized spacial score (nSPS) is 16.6. The Kier molecular flexibility index (Phi) is 3.97. The number of nitrogens with zero attached hydrogens (tertiary/aromatic N) is 1. The van der Waals surface area contributed by atoms with Crippen LogP contribution in [0.5, 0.6) is 0 Å². The predicted molar refractivity (Wildman–Crippen MR) is 77.8 cm³/mol. The lowest BCUT2D eigenvalue weighted by atomic mass is 9.95. The number of nitrogens with two attached hydrogens (primary N) is 1. The number of hydrogen-bond acceptors (Lipinski definition) is 4. The largest absolute Gasteiger partial charge is 0.393 e. The second kappa shape index (κ2) is 5.32. The number of anilines is 1. The zero-order valence-corrected chi connectivity index (χ0v) is 12.1. The van der Waals surface area contributed by atoms with E-state index in [0.29, 0.717) is 11.0 Å².